The topological polar surface area (TPSA) is 0 Å². The summed E-state index contributed by atoms with van der Waals surface area (Å²) < 4.78 is 0. The molecule has 0 radical (unpaired) electrons. The first kappa shape index (κ1) is 17.3. The fourth-order valence-corrected chi connectivity index (χ4v) is 4.89. The highest BCUT2D eigenvalue weighted by molar-refractivity contribution is 5.90. The van der Waals surface area contributed by atoms with Crippen LogP contribution in [0.1, 0.15) is 48.4 Å². The average molecular weight is 363 g/mol. The molecule has 0 saturated heterocycles. The van der Waals surface area contributed by atoms with Crippen molar-refractivity contribution in [1.29, 1.82) is 0 Å². The Morgan fingerprint density at radius 2 is 1.54 bits per heavy atom. The van der Waals surface area contributed by atoms with Crippen LogP contribution in [0.25, 0.3) is 34.4 Å². The van der Waals surface area contributed by atoms with Gasteiger partial charge in [-0.15, -0.1) is 6.58 Å². The molecule has 0 saturated carbocycles. The van der Waals surface area contributed by atoms with E-state index in [4.69, 9.17) is 0 Å². The third-order valence-electron chi connectivity index (χ3n) is 6.27. The zero-order valence-corrected chi connectivity index (χ0v) is 16.6. The molecule has 5 rings (SSSR count). The van der Waals surface area contributed by atoms with Crippen molar-refractivity contribution >= 4 is 12.2 Å². The number of unbranched alkanes of at least 4 members (excludes halogenated alkanes) is 2. The number of hydrogen-bond donors (Lipinski definition) is 0. The first-order chi connectivity index (χ1) is 13.8. The van der Waals surface area contributed by atoms with Gasteiger partial charge in [0.05, 0.1) is 0 Å². The summed E-state index contributed by atoms with van der Waals surface area (Å²) in [5.74, 6) is 0. The highest BCUT2D eigenvalue weighted by Crippen LogP contribution is 2.34. The maximum atomic E-state index is 3.98. The Bertz CT molecular complexity index is 1210. The largest absolute Gasteiger partial charge is 0.103 e. The van der Waals surface area contributed by atoms with Crippen LogP contribution in [-0.4, -0.2) is 0 Å². The van der Waals surface area contributed by atoms with Gasteiger partial charge in [-0.3, -0.25) is 0 Å². The van der Waals surface area contributed by atoms with Crippen LogP contribution in [0.2, 0.25) is 0 Å². The fourth-order valence-electron chi connectivity index (χ4n) is 4.89. The lowest BCUT2D eigenvalue weighted by Gasteiger charge is -2.14. The van der Waals surface area contributed by atoms with Crippen LogP contribution in [-0.2, 0) is 12.8 Å². The predicted octanol–water partition coefficient (Wildman–Crippen LogP) is 5.77. The van der Waals surface area contributed by atoms with E-state index in [1.165, 1.54) is 74.2 Å². The van der Waals surface area contributed by atoms with E-state index < -0.39 is 0 Å². The van der Waals surface area contributed by atoms with Crippen molar-refractivity contribution < 1.29 is 0 Å². The highest BCUT2D eigenvalue weighted by Gasteiger charge is 2.21. The molecule has 0 bridgehead atoms. The molecule has 2 aliphatic carbocycles. The summed E-state index contributed by atoms with van der Waals surface area (Å²) in [6.45, 7) is 6.26. The van der Waals surface area contributed by atoms with E-state index in [1.807, 2.05) is 6.08 Å². The Kier molecular flexibility index (Phi) is 4.28. The van der Waals surface area contributed by atoms with Gasteiger partial charge >= 0.3 is 0 Å². The van der Waals surface area contributed by atoms with Gasteiger partial charge < -0.3 is 0 Å². The highest BCUT2D eigenvalue weighted by atomic mass is 14.2. The molecule has 0 amide bonds. The predicted molar refractivity (Wildman–Crippen MR) is 121 cm³/mol. The normalized spacial score (nSPS) is 12.5. The van der Waals surface area contributed by atoms with Crippen molar-refractivity contribution in [1.82, 2.24) is 0 Å². The smallest absolute Gasteiger partial charge is 0.00925 e. The molecular formula is C28H26. The van der Waals surface area contributed by atoms with Crippen molar-refractivity contribution in [2.45, 2.75) is 39.0 Å². The molecule has 0 N–H and O–H groups in total. The molecular weight excluding hydrogens is 336 g/mol. The van der Waals surface area contributed by atoms with Gasteiger partial charge in [0.2, 0.25) is 0 Å². The molecule has 3 aromatic carbocycles. The summed E-state index contributed by atoms with van der Waals surface area (Å²) in [5, 5.41) is 2.79. The molecule has 0 fully saturated rings. The van der Waals surface area contributed by atoms with E-state index in [1.54, 1.807) is 0 Å². The Morgan fingerprint density at radius 1 is 0.786 bits per heavy atom. The van der Waals surface area contributed by atoms with Crippen LogP contribution in [0.15, 0.2) is 61.2 Å². The molecule has 0 aliphatic heterocycles. The Hall–Kier alpha value is -2.86. The van der Waals surface area contributed by atoms with E-state index in [0.717, 1.165) is 12.8 Å². The Morgan fingerprint density at radius 3 is 2.36 bits per heavy atom. The summed E-state index contributed by atoms with van der Waals surface area (Å²) in [6.07, 6.45) is 12.8. The van der Waals surface area contributed by atoms with Crippen LogP contribution < -0.4 is 10.4 Å². The molecule has 0 heteroatoms. The van der Waals surface area contributed by atoms with Crippen LogP contribution in [0.5, 0.6) is 0 Å². The third-order valence-corrected chi connectivity index (χ3v) is 6.27. The molecule has 2 aliphatic rings. The van der Waals surface area contributed by atoms with Crippen molar-refractivity contribution in [3.8, 4) is 22.3 Å². The lowest BCUT2D eigenvalue weighted by molar-refractivity contribution is 0.714. The number of hydrogen-bond acceptors (Lipinski definition) is 0. The van der Waals surface area contributed by atoms with E-state index in [0.29, 0.717) is 0 Å². The third kappa shape index (κ3) is 2.59. The molecule has 0 atom stereocenters. The lowest BCUT2D eigenvalue weighted by Crippen LogP contribution is -2.25. The monoisotopic (exact) mass is 362 g/mol. The molecule has 28 heavy (non-hydrogen) atoms. The van der Waals surface area contributed by atoms with Gasteiger partial charge in [-0.05, 0) is 86.4 Å². The first-order valence-corrected chi connectivity index (χ1v) is 10.5. The minimum atomic E-state index is 0.953. The molecule has 138 valence electrons. The molecule has 0 heterocycles. The fraction of sp³-hybridized carbons (Fsp3) is 0.214. The van der Waals surface area contributed by atoms with Gasteiger partial charge in [0.1, 0.15) is 0 Å². The second kappa shape index (κ2) is 6.95. The minimum absolute atomic E-state index is 0.953. The zero-order valence-electron chi connectivity index (χ0n) is 16.6. The summed E-state index contributed by atoms with van der Waals surface area (Å²) >= 11 is 0. The molecule has 0 spiro atoms. The summed E-state index contributed by atoms with van der Waals surface area (Å²) in [7, 11) is 0. The van der Waals surface area contributed by atoms with E-state index in [-0.39, 0.29) is 0 Å². The van der Waals surface area contributed by atoms with Crippen LogP contribution in [0, 0.1) is 0 Å². The van der Waals surface area contributed by atoms with Gasteiger partial charge in [-0.1, -0.05) is 74.4 Å². The SMILES string of the molecule is C=CCc1ccc2c(c1CCCCC)C=c1c-2ccc2c1=Cc1ccccc1-2. The maximum Gasteiger partial charge on any atom is -0.00925 e. The van der Waals surface area contributed by atoms with Gasteiger partial charge in [0.15, 0.2) is 0 Å². The summed E-state index contributed by atoms with van der Waals surface area (Å²) in [4.78, 5) is 0. The lowest BCUT2D eigenvalue weighted by atomic mass is 9.91. The Labute approximate surface area is 167 Å². The Balaban J connectivity index is 1.71. The van der Waals surface area contributed by atoms with Crippen molar-refractivity contribution in [2.24, 2.45) is 0 Å². The molecule has 0 aromatic heterocycles. The van der Waals surface area contributed by atoms with E-state index >= 15 is 0 Å². The summed E-state index contributed by atoms with van der Waals surface area (Å²) in [5.41, 5.74) is 11.3. The summed E-state index contributed by atoms with van der Waals surface area (Å²) in [6, 6.07) is 18.0. The molecule has 0 nitrogen and oxygen atoms in total. The standard InChI is InChI=1S/C28H26/c1-3-5-6-11-21-19(9-4-2)13-14-24-25-16-15-23-22-12-8-7-10-20(22)17-26(23)28(25)18-27(21)24/h4,7-8,10,12-18H,2-3,5-6,9,11H2,1H3. The number of rotatable bonds is 6. The quantitative estimate of drug-likeness (QED) is 0.266. The second-order valence-electron chi connectivity index (χ2n) is 7.98. The van der Waals surface area contributed by atoms with Gasteiger partial charge in [0.25, 0.3) is 0 Å². The second-order valence-corrected chi connectivity index (χ2v) is 7.98. The van der Waals surface area contributed by atoms with E-state index in [2.05, 4.69) is 74.2 Å². The van der Waals surface area contributed by atoms with Crippen molar-refractivity contribution in [2.75, 3.05) is 0 Å². The van der Waals surface area contributed by atoms with Gasteiger partial charge in [-0.25, -0.2) is 0 Å². The zero-order chi connectivity index (χ0) is 19.1. The maximum absolute atomic E-state index is 3.98. The first-order valence-electron chi connectivity index (χ1n) is 10.5. The van der Waals surface area contributed by atoms with Gasteiger partial charge in [0, 0.05) is 0 Å². The van der Waals surface area contributed by atoms with Gasteiger partial charge in [-0.2, -0.15) is 0 Å². The number of benzene rings is 3. The van der Waals surface area contributed by atoms with E-state index in [9.17, 15) is 0 Å². The van der Waals surface area contributed by atoms with Crippen LogP contribution >= 0.6 is 0 Å². The van der Waals surface area contributed by atoms with Crippen molar-refractivity contribution in [3.63, 3.8) is 0 Å². The number of fused-ring (bicyclic) bond motifs is 7. The minimum Gasteiger partial charge on any atom is -0.103 e. The van der Waals surface area contributed by atoms with Crippen LogP contribution in [0.4, 0.5) is 0 Å². The van der Waals surface area contributed by atoms with Crippen LogP contribution in [0.3, 0.4) is 0 Å². The molecule has 3 aromatic rings. The average Bonchev–Trinajstić information content (AvgIpc) is 3.28. The number of allylic oxidation sites excluding steroid dienone is 1. The van der Waals surface area contributed by atoms with Crippen molar-refractivity contribution in [3.05, 3.63) is 93.9 Å². The molecule has 0 unspecified atom stereocenters.